The van der Waals surface area contributed by atoms with Crippen LogP contribution >= 0.6 is 0 Å². The highest BCUT2D eigenvalue weighted by Gasteiger charge is 2.22. The van der Waals surface area contributed by atoms with Crippen LogP contribution in [0.2, 0.25) is 0 Å². The van der Waals surface area contributed by atoms with Gasteiger partial charge in [0.1, 0.15) is 12.1 Å². The number of primary amides is 1. The summed E-state index contributed by atoms with van der Waals surface area (Å²) in [5.74, 6) is -0.963. The fraction of sp³-hybridized carbons (Fsp3) is 0.714. The Hall–Kier alpha value is -1.10. The molecule has 0 saturated heterocycles. The van der Waals surface area contributed by atoms with E-state index >= 15 is 0 Å². The van der Waals surface area contributed by atoms with Crippen LogP contribution in [0, 0.1) is 0 Å². The molecule has 0 aliphatic carbocycles. The lowest BCUT2D eigenvalue weighted by molar-refractivity contribution is -0.148. The van der Waals surface area contributed by atoms with E-state index in [9.17, 15) is 9.59 Å². The van der Waals surface area contributed by atoms with Crippen molar-refractivity contribution in [1.29, 1.82) is 0 Å². The minimum Gasteiger partial charge on any atom is -0.461 e. The summed E-state index contributed by atoms with van der Waals surface area (Å²) in [4.78, 5) is 21.2. The van der Waals surface area contributed by atoms with Gasteiger partial charge in [0.2, 0.25) is 5.91 Å². The normalized spacial score (nSPS) is 14.9. The molecule has 0 aromatic heterocycles. The molecule has 3 N–H and O–H groups in total. The van der Waals surface area contributed by atoms with Gasteiger partial charge in [0.25, 0.3) is 0 Å². The van der Waals surface area contributed by atoms with Gasteiger partial charge in [-0.25, -0.2) is 0 Å². The van der Waals surface area contributed by atoms with Crippen LogP contribution in [-0.2, 0) is 14.3 Å². The lowest BCUT2D eigenvalue weighted by Crippen LogP contribution is -2.48. The largest absolute Gasteiger partial charge is 0.461 e. The lowest BCUT2D eigenvalue weighted by Gasteiger charge is -2.19. The molecule has 1 amide bonds. The number of rotatable bonds is 4. The minimum atomic E-state index is -0.631. The number of likely N-dealkylation sites (N-methyl/N-ethyl adjacent to an activating group) is 1. The average molecular weight is 174 g/mol. The molecule has 2 unspecified atom stereocenters. The third kappa shape index (κ3) is 3.34. The Bertz CT molecular complexity index is 181. The van der Waals surface area contributed by atoms with Crippen molar-refractivity contribution in [2.75, 3.05) is 7.05 Å². The molecule has 0 aliphatic heterocycles. The van der Waals surface area contributed by atoms with Gasteiger partial charge in [-0.3, -0.25) is 9.59 Å². The van der Waals surface area contributed by atoms with Crippen molar-refractivity contribution < 1.29 is 14.3 Å². The maximum absolute atomic E-state index is 10.7. The van der Waals surface area contributed by atoms with Crippen molar-refractivity contribution in [2.45, 2.75) is 26.0 Å². The van der Waals surface area contributed by atoms with Crippen LogP contribution in [0.4, 0.5) is 0 Å². The molecule has 5 nitrogen and oxygen atoms in total. The molecule has 0 radical (unpaired) electrons. The van der Waals surface area contributed by atoms with E-state index in [2.05, 4.69) is 5.32 Å². The van der Waals surface area contributed by atoms with Crippen molar-refractivity contribution in [3.63, 3.8) is 0 Å². The fourth-order valence-electron chi connectivity index (χ4n) is 0.938. The zero-order valence-corrected chi connectivity index (χ0v) is 7.46. The van der Waals surface area contributed by atoms with Gasteiger partial charge in [0.15, 0.2) is 0 Å². The number of hydrogen-bond acceptors (Lipinski definition) is 4. The summed E-state index contributed by atoms with van der Waals surface area (Å²) < 4.78 is 4.76. The smallest absolute Gasteiger partial charge is 0.302 e. The molecule has 0 fully saturated rings. The molecule has 70 valence electrons. The molecule has 5 heteroatoms. The van der Waals surface area contributed by atoms with E-state index in [1.54, 1.807) is 14.0 Å². The monoisotopic (exact) mass is 174 g/mol. The third-order valence-corrected chi connectivity index (χ3v) is 1.44. The SMILES string of the molecule is CNC(C(N)=O)C(C)OC(C)=O. The van der Waals surface area contributed by atoms with Crippen molar-refractivity contribution >= 4 is 11.9 Å². The number of carbonyl (C=O) groups excluding carboxylic acids is 2. The highest BCUT2D eigenvalue weighted by atomic mass is 16.5. The van der Waals surface area contributed by atoms with E-state index in [0.717, 1.165) is 0 Å². The van der Waals surface area contributed by atoms with E-state index in [1.165, 1.54) is 6.92 Å². The van der Waals surface area contributed by atoms with Crippen LogP contribution < -0.4 is 11.1 Å². The van der Waals surface area contributed by atoms with Crippen LogP contribution in [0.25, 0.3) is 0 Å². The van der Waals surface area contributed by atoms with E-state index in [4.69, 9.17) is 10.5 Å². The second-order valence-electron chi connectivity index (χ2n) is 2.48. The predicted molar refractivity (Wildman–Crippen MR) is 43.3 cm³/mol. The Balaban J connectivity index is 4.11. The van der Waals surface area contributed by atoms with Gasteiger partial charge < -0.3 is 15.8 Å². The molecule has 0 spiro atoms. The van der Waals surface area contributed by atoms with Crippen LogP contribution in [0.1, 0.15) is 13.8 Å². The first-order valence-corrected chi connectivity index (χ1v) is 3.62. The number of carbonyl (C=O) groups is 2. The molecular weight excluding hydrogens is 160 g/mol. The second-order valence-corrected chi connectivity index (χ2v) is 2.48. The van der Waals surface area contributed by atoms with Gasteiger partial charge in [-0.15, -0.1) is 0 Å². The third-order valence-electron chi connectivity index (χ3n) is 1.44. The topological polar surface area (TPSA) is 81.4 Å². The molecule has 0 aromatic rings. The van der Waals surface area contributed by atoms with E-state index in [0.29, 0.717) is 0 Å². The first-order chi connectivity index (χ1) is 5.49. The van der Waals surface area contributed by atoms with Gasteiger partial charge in [-0.1, -0.05) is 0 Å². The second kappa shape index (κ2) is 4.71. The summed E-state index contributed by atoms with van der Waals surface area (Å²) in [6.45, 7) is 2.89. The zero-order valence-electron chi connectivity index (χ0n) is 7.46. The number of amides is 1. The standard InChI is InChI=1S/C7H14N2O3/c1-4(12-5(2)10)6(9-3)7(8)11/h4,6,9H,1-3H3,(H2,8,11). The van der Waals surface area contributed by atoms with Crippen molar-refractivity contribution in [1.82, 2.24) is 5.32 Å². The minimum absolute atomic E-state index is 0.427. The Morgan fingerprint density at radius 3 is 2.25 bits per heavy atom. The molecule has 0 saturated carbocycles. The van der Waals surface area contributed by atoms with Crippen LogP contribution in [-0.4, -0.2) is 31.1 Å². The maximum atomic E-state index is 10.7. The van der Waals surface area contributed by atoms with E-state index in [-0.39, 0.29) is 0 Å². The summed E-state index contributed by atoms with van der Waals surface area (Å²) in [7, 11) is 1.58. The van der Waals surface area contributed by atoms with Gasteiger partial charge in [-0.2, -0.15) is 0 Å². The molecular formula is C7H14N2O3. The van der Waals surface area contributed by atoms with Crippen LogP contribution in [0.15, 0.2) is 0 Å². The summed E-state index contributed by atoms with van der Waals surface area (Å²) in [6.07, 6.45) is -0.537. The van der Waals surface area contributed by atoms with E-state index in [1.807, 2.05) is 0 Å². The molecule has 12 heavy (non-hydrogen) atoms. The predicted octanol–water partition coefficient (Wildman–Crippen LogP) is -0.989. The molecule has 0 aromatic carbocycles. The van der Waals surface area contributed by atoms with Gasteiger partial charge in [0.05, 0.1) is 0 Å². The molecule has 0 rings (SSSR count). The van der Waals surface area contributed by atoms with Crippen molar-refractivity contribution in [3.8, 4) is 0 Å². The summed E-state index contributed by atoms with van der Waals surface area (Å²) >= 11 is 0. The Kier molecular flexibility index (Phi) is 4.28. The van der Waals surface area contributed by atoms with Gasteiger partial charge in [-0.05, 0) is 14.0 Å². The van der Waals surface area contributed by atoms with Gasteiger partial charge in [0, 0.05) is 6.92 Å². The fourth-order valence-corrected chi connectivity index (χ4v) is 0.938. The highest BCUT2D eigenvalue weighted by molar-refractivity contribution is 5.81. The summed E-state index contributed by atoms with van der Waals surface area (Å²) in [6, 6.07) is -0.631. The number of nitrogens with one attached hydrogen (secondary N) is 1. The highest BCUT2D eigenvalue weighted by Crippen LogP contribution is 1.97. The first-order valence-electron chi connectivity index (χ1n) is 3.62. The lowest BCUT2D eigenvalue weighted by atomic mass is 10.2. The number of nitrogens with two attached hydrogens (primary N) is 1. The van der Waals surface area contributed by atoms with E-state index < -0.39 is 24.0 Å². The van der Waals surface area contributed by atoms with Crippen LogP contribution in [0.3, 0.4) is 0 Å². The zero-order chi connectivity index (χ0) is 9.72. The number of hydrogen-bond donors (Lipinski definition) is 2. The Morgan fingerprint density at radius 2 is 2.00 bits per heavy atom. The molecule has 0 aliphatic rings. The Morgan fingerprint density at radius 1 is 1.50 bits per heavy atom. The van der Waals surface area contributed by atoms with Gasteiger partial charge >= 0.3 is 5.97 Å². The first kappa shape index (κ1) is 10.9. The van der Waals surface area contributed by atoms with Crippen molar-refractivity contribution in [3.05, 3.63) is 0 Å². The maximum Gasteiger partial charge on any atom is 0.302 e. The molecule has 0 heterocycles. The van der Waals surface area contributed by atoms with Crippen LogP contribution in [0.5, 0.6) is 0 Å². The quantitative estimate of drug-likeness (QED) is 0.536. The number of ether oxygens (including phenoxy) is 1. The number of esters is 1. The summed E-state index contributed by atoms with van der Waals surface area (Å²) in [5, 5.41) is 2.65. The molecule has 2 atom stereocenters. The average Bonchev–Trinajstić information content (AvgIpc) is 1.85. The Labute approximate surface area is 71.3 Å². The summed E-state index contributed by atoms with van der Waals surface area (Å²) in [5.41, 5.74) is 5.03. The molecule has 0 bridgehead atoms. The van der Waals surface area contributed by atoms with Crippen molar-refractivity contribution in [2.24, 2.45) is 5.73 Å².